The van der Waals surface area contributed by atoms with Crippen LogP contribution >= 0.6 is 15.9 Å². The SMILES string of the molecule is COc1cc(Br)cc(NC(=O)CC(N)C(C)C)c1. The van der Waals surface area contributed by atoms with Crippen LogP contribution in [0.2, 0.25) is 0 Å². The zero-order valence-electron chi connectivity index (χ0n) is 10.9. The van der Waals surface area contributed by atoms with Gasteiger partial charge in [0.05, 0.1) is 7.11 Å². The molecule has 1 aromatic carbocycles. The minimum absolute atomic E-state index is 0.0867. The molecule has 0 bridgehead atoms. The number of benzene rings is 1. The molecule has 0 aromatic heterocycles. The van der Waals surface area contributed by atoms with Crippen LogP contribution in [0.25, 0.3) is 0 Å². The number of amides is 1. The molecule has 1 unspecified atom stereocenters. The maximum absolute atomic E-state index is 11.8. The summed E-state index contributed by atoms with van der Waals surface area (Å²) in [6.45, 7) is 4.00. The van der Waals surface area contributed by atoms with Crippen LogP contribution in [0.5, 0.6) is 5.75 Å². The van der Waals surface area contributed by atoms with Gasteiger partial charge in [0, 0.05) is 28.7 Å². The number of nitrogens with one attached hydrogen (secondary N) is 1. The third-order valence-electron chi connectivity index (χ3n) is 2.67. The number of methoxy groups -OCH3 is 1. The molecular formula is C13H19BrN2O2. The maximum Gasteiger partial charge on any atom is 0.225 e. The third-order valence-corrected chi connectivity index (χ3v) is 3.13. The van der Waals surface area contributed by atoms with Crippen LogP contribution in [0, 0.1) is 5.92 Å². The highest BCUT2D eigenvalue weighted by Crippen LogP contribution is 2.24. The molecule has 100 valence electrons. The van der Waals surface area contributed by atoms with Crippen molar-refractivity contribution >= 4 is 27.5 Å². The molecule has 0 spiro atoms. The predicted octanol–water partition coefficient (Wildman–Crippen LogP) is 2.77. The van der Waals surface area contributed by atoms with Crippen molar-refractivity contribution in [3.8, 4) is 5.75 Å². The highest BCUT2D eigenvalue weighted by atomic mass is 79.9. The molecule has 1 rings (SSSR count). The molecule has 1 aromatic rings. The largest absolute Gasteiger partial charge is 0.497 e. The molecule has 0 aliphatic rings. The molecule has 0 heterocycles. The highest BCUT2D eigenvalue weighted by molar-refractivity contribution is 9.10. The number of halogens is 1. The Morgan fingerprint density at radius 3 is 2.67 bits per heavy atom. The quantitative estimate of drug-likeness (QED) is 0.878. The monoisotopic (exact) mass is 314 g/mol. The lowest BCUT2D eigenvalue weighted by Gasteiger charge is -2.15. The summed E-state index contributed by atoms with van der Waals surface area (Å²) in [5, 5.41) is 2.81. The van der Waals surface area contributed by atoms with Gasteiger partial charge in [0.2, 0.25) is 5.91 Å². The Kier molecular flexibility index (Phi) is 5.62. The van der Waals surface area contributed by atoms with Crippen LogP contribution in [0.1, 0.15) is 20.3 Å². The minimum Gasteiger partial charge on any atom is -0.497 e. The van der Waals surface area contributed by atoms with Gasteiger partial charge in [0.1, 0.15) is 5.75 Å². The summed E-state index contributed by atoms with van der Waals surface area (Å²) in [6, 6.07) is 5.29. The molecule has 3 N–H and O–H groups in total. The molecule has 0 radical (unpaired) electrons. The van der Waals surface area contributed by atoms with Crippen LogP contribution in [-0.2, 0) is 4.79 Å². The number of rotatable bonds is 5. The lowest BCUT2D eigenvalue weighted by Crippen LogP contribution is -2.31. The van der Waals surface area contributed by atoms with Gasteiger partial charge in [-0.25, -0.2) is 0 Å². The second-order valence-corrected chi connectivity index (χ2v) is 5.46. The highest BCUT2D eigenvalue weighted by Gasteiger charge is 2.13. The Labute approximate surface area is 116 Å². The Morgan fingerprint density at radius 2 is 2.11 bits per heavy atom. The summed E-state index contributed by atoms with van der Waals surface area (Å²) in [4.78, 5) is 11.8. The van der Waals surface area contributed by atoms with E-state index in [1.807, 2.05) is 26.0 Å². The molecule has 1 amide bonds. The summed E-state index contributed by atoms with van der Waals surface area (Å²) >= 11 is 3.36. The molecule has 4 nitrogen and oxygen atoms in total. The first-order chi connectivity index (χ1) is 8.42. The molecule has 18 heavy (non-hydrogen) atoms. The predicted molar refractivity (Wildman–Crippen MR) is 76.8 cm³/mol. The van der Waals surface area contributed by atoms with E-state index in [0.29, 0.717) is 17.9 Å². The fourth-order valence-corrected chi connectivity index (χ4v) is 1.89. The van der Waals surface area contributed by atoms with Gasteiger partial charge in [0.25, 0.3) is 0 Å². The Morgan fingerprint density at radius 1 is 1.44 bits per heavy atom. The van der Waals surface area contributed by atoms with Gasteiger partial charge in [-0.05, 0) is 18.1 Å². The first-order valence-corrected chi connectivity index (χ1v) is 6.61. The number of ether oxygens (including phenoxy) is 1. The van der Waals surface area contributed by atoms with E-state index in [-0.39, 0.29) is 17.9 Å². The van der Waals surface area contributed by atoms with Gasteiger partial charge in [-0.15, -0.1) is 0 Å². The molecule has 5 heteroatoms. The number of anilines is 1. The summed E-state index contributed by atoms with van der Waals surface area (Å²) < 4.78 is 5.98. The van der Waals surface area contributed by atoms with E-state index >= 15 is 0 Å². The molecule has 1 atom stereocenters. The number of carbonyl (C=O) groups excluding carboxylic acids is 1. The van der Waals surface area contributed by atoms with Gasteiger partial charge in [-0.2, -0.15) is 0 Å². The van der Waals surface area contributed by atoms with Crippen LogP contribution in [0.15, 0.2) is 22.7 Å². The first kappa shape index (κ1) is 15.0. The van der Waals surface area contributed by atoms with Crippen molar-refractivity contribution < 1.29 is 9.53 Å². The molecular weight excluding hydrogens is 296 g/mol. The summed E-state index contributed by atoms with van der Waals surface area (Å²) in [6.07, 6.45) is 0.312. The Bertz CT molecular complexity index is 421. The van der Waals surface area contributed by atoms with E-state index in [4.69, 9.17) is 10.5 Å². The van der Waals surface area contributed by atoms with Crippen molar-refractivity contribution in [1.29, 1.82) is 0 Å². The van der Waals surface area contributed by atoms with Crippen molar-refractivity contribution in [3.63, 3.8) is 0 Å². The van der Waals surface area contributed by atoms with E-state index < -0.39 is 0 Å². The van der Waals surface area contributed by atoms with E-state index in [9.17, 15) is 4.79 Å². The lowest BCUT2D eigenvalue weighted by molar-refractivity contribution is -0.116. The molecule has 0 saturated heterocycles. The van der Waals surface area contributed by atoms with Crippen molar-refractivity contribution in [2.75, 3.05) is 12.4 Å². The van der Waals surface area contributed by atoms with Crippen LogP contribution in [-0.4, -0.2) is 19.1 Å². The van der Waals surface area contributed by atoms with Crippen LogP contribution < -0.4 is 15.8 Å². The zero-order valence-corrected chi connectivity index (χ0v) is 12.5. The molecule has 0 aliphatic heterocycles. The van der Waals surface area contributed by atoms with Gasteiger partial charge >= 0.3 is 0 Å². The van der Waals surface area contributed by atoms with Gasteiger partial charge in [-0.1, -0.05) is 29.8 Å². The average molecular weight is 315 g/mol. The summed E-state index contributed by atoms with van der Waals surface area (Å²) in [5.74, 6) is 0.886. The average Bonchev–Trinajstić information content (AvgIpc) is 2.27. The molecule has 0 fully saturated rings. The number of nitrogens with two attached hydrogens (primary N) is 1. The fourth-order valence-electron chi connectivity index (χ4n) is 1.41. The van der Waals surface area contributed by atoms with E-state index in [1.165, 1.54) is 0 Å². The van der Waals surface area contributed by atoms with Crippen molar-refractivity contribution in [2.45, 2.75) is 26.3 Å². The van der Waals surface area contributed by atoms with E-state index in [2.05, 4.69) is 21.2 Å². The second-order valence-electron chi connectivity index (χ2n) is 4.54. The second kappa shape index (κ2) is 6.75. The minimum atomic E-state index is -0.126. The number of carbonyl (C=O) groups is 1. The van der Waals surface area contributed by atoms with Gasteiger partial charge in [-0.3, -0.25) is 4.79 Å². The summed E-state index contributed by atoms with van der Waals surface area (Å²) in [7, 11) is 1.59. The lowest BCUT2D eigenvalue weighted by atomic mass is 10.0. The van der Waals surface area contributed by atoms with E-state index in [0.717, 1.165) is 4.47 Å². The van der Waals surface area contributed by atoms with Crippen molar-refractivity contribution in [3.05, 3.63) is 22.7 Å². The zero-order chi connectivity index (χ0) is 13.7. The first-order valence-electron chi connectivity index (χ1n) is 5.82. The van der Waals surface area contributed by atoms with E-state index in [1.54, 1.807) is 13.2 Å². The van der Waals surface area contributed by atoms with Crippen molar-refractivity contribution in [1.82, 2.24) is 0 Å². The standard InChI is InChI=1S/C13H19BrN2O2/c1-8(2)12(15)7-13(17)16-10-4-9(14)5-11(6-10)18-3/h4-6,8,12H,7,15H2,1-3H3,(H,16,17). The topological polar surface area (TPSA) is 64.3 Å². The summed E-state index contributed by atoms with van der Waals surface area (Å²) in [5.41, 5.74) is 6.56. The molecule has 0 saturated carbocycles. The molecule has 0 aliphatic carbocycles. The number of hydrogen-bond donors (Lipinski definition) is 2. The van der Waals surface area contributed by atoms with Gasteiger partial charge in [0.15, 0.2) is 0 Å². The fraction of sp³-hybridized carbons (Fsp3) is 0.462. The van der Waals surface area contributed by atoms with Crippen molar-refractivity contribution in [2.24, 2.45) is 11.7 Å². The van der Waals surface area contributed by atoms with Crippen LogP contribution in [0.3, 0.4) is 0 Å². The smallest absolute Gasteiger partial charge is 0.225 e. The van der Waals surface area contributed by atoms with Crippen LogP contribution in [0.4, 0.5) is 5.69 Å². The number of hydrogen-bond acceptors (Lipinski definition) is 3. The maximum atomic E-state index is 11.8. The van der Waals surface area contributed by atoms with Gasteiger partial charge < -0.3 is 15.8 Å². The normalized spacial score (nSPS) is 12.3. The Hall–Kier alpha value is -1.07. The third kappa shape index (κ3) is 4.66. The Balaban J connectivity index is 2.67.